The van der Waals surface area contributed by atoms with E-state index >= 15 is 0 Å². The first-order valence-corrected chi connectivity index (χ1v) is 6.04. The number of nitrogens with two attached hydrogens (primary N) is 1. The molecule has 0 spiro atoms. The van der Waals surface area contributed by atoms with E-state index in [9.17, 15) is 0 Å². The maximum Gasteiger partial charge on any atom is 0.0997 e. The average molecular weight is 228 g/mol. The first-order valence-electron chi connectivity index (χ1n) is 5.16. The molecule has 2 aromatic heterocycles. The zero-order valence-corrected chi connectivity index (χ0v) is 9.79. The second kappa shape index (κ2) is 3.39. The van der Waals surface area contributed by atoms with Crippen molar-refractivity contribution in [3.8, 4) is 5.00 Å². The molecule has 0 radical (unpaired) electrons. The van der Waals surface area contributed by atoms with Gasteiger partial charge in [0.05, 0.1) is 10.5 Å². The van der Waals surface area contributed by atoms with Crippen LogP contribution in [0.5, 0.6) is 0 Å². The normalized spacial score (nSPS) is 11.1. The summed E-state index contributed by atoms with van der Waals surface area (Å²) in [5.41, 5.74) is 9.10. The molecule has 0 saturated carbocycles. The van der Waals surface area contributed by atoms with Crippen molar-refractivity contribution in [2.45, 2.75) is 6.92 Å². The number of rotatable bonds is 1. The van der Waals surface area contributed by atoms with E-state index in [1.54, 1.807) is 11.3 Å². The van der Waals surface area contributed by atoms with Crippen LogP contribution in [0.3, 0.4) is 0 Å². The van der Waals surface area contributed by atoms with E-state index in [1.807, 2.05) is 12.1 Å². The van der Waals surface area contributed by atoms with Gasteiger partial charge in [-0.1, -0.05) is 6.07 Å². The predicted octanol–water partition coefficient (Wildman–Crippen LogP) is 3.58. The van der Waals surface area contributed by atoms with Crippen LogP contribution in [0, 0.1) is 6.92 Å². The summed E-state index contributed by atoms with van der Waals surface area (Å²) in [6.45, 7) is 2.11. The molecule has 0 amide bonds. The summed E-state index contributed by atoms with van der Waals surface area (Å²) in [4.78, 5) is 0. The van der Waals surface area contributed by atoms with Gasteiger partial charge in [0, 0.05) is 17.3 Å². The minimum atomic E-state index is 0.806. The molecule has 2 nitrogen and oxygen atoms in total. The molecule has 0 aliphatic rings. The van der Waals surface area contributed by atoms with Gasteiger partial charge in [-0.3, -0.25) is 0 Å². The van der Waals surface area contributed by atoms with Crippen LogP contribution in [-0.4, -0.2) is 4.57 Å². The molecule has 0 unspecified atom stereocenters. The Morgan fingerprint density at radius 3 is 2.81 bits per heavy atom. The van der Waals surface area contributed by atoms with E-state index < -0.39 is 0 Å². The number of hydrogen-bond acceptors (Lipinski definition) is 2. The molecule has 80 valence electrons. The average Bonchev–Trinajstić information content (AvgIpc) is 2.83. The lowest BCUT2D eigenvalue weighted by molar-refractivity contribution is 1.16. The third kappa shape index (κ3) is 1.41. The van der Waals surface area contributed by atoms with Gasteiger partial charge in [-0.2, -0.15) is 0 Å². The quantitative estimate of drug-likeness (QED) is 0.634. The first kappa shape index (κ1) is 9.48. The smallest absolute Gasteiger partial charge is 0.0997 e. The molecule has 0 atom stereocenters. The van der Waals surface area contributed by atoms with Gasteiger partial charge in [0.15, 0.2) is 0 Å². The number of nitrogen functional groups attached to an aromatic ring is 1. The van der Waals surface area contributed by atoms with E-state index in [2.05, 4.69) is 41.3 Å². The third-order valence-electron chi connectivity index (χ3n) is 2.67. The maximum absolute atomic E-state index is 5.83. The highest BCUT2D eigenvalue weighted by Gasteiger charge is 2.04. The van der Waals surface area contributed by atoms with Crippen molar-refractivity contribution in [2.75, 3.05) is 5.73 Å². The Kier molecular flexibility index (Phi) is 2.01. The zero-order chi connectivity index (χ0) is 11.1. The Morgan fingerprint density at radius 2 is 2.06 bits per heavy atom. The summed E-state index contributed by atoms with van der Waals surface area (Å²) in [7, 11) is 0. The molecular weight excluding hydrogens is 216 g/mol. The van der Waals surface area contributed by atoms with Crippen molar-refractivity contribution < 1.29 is 0 Å². The lowest BCUT2D eigenvalue weighted by Crippen LogP contribution is -1.89. The van der Waals surface area contributed by atoms with Crippen LogP contribution in [0.1, 0.15) is 5.56 Å². The van der Waals surface area contributed by atoms with Crippen LogP contribution < -0.4 is 5.73 Å². The van der Waals surface area contributed by atoms with E-state index in [0.29, 0.717) is 0 Å². The third-order valence-corrected chi connectivity index (χ3v) is 3.72. The van der Waals surface area contributed by atoms with Crippen LogP contribution in [0.25, 0.3) is 15.9 Å². The summed E-state index contributed by atoms with van der Waals surface area (Å²) in [6, 6.07) is 10.3. The number of anilines is 1. The topological polar surface area (TPSA) is 30.9 Å². The number of hydrogen-bond donors (Lipinski definition) is 1. The predicted molar refractivity (Wildman–Crippen MR) is 70.3 cm³/mol. The molecule has 1 aromatic carbocycles. The Morgan fingerprint density at radius 1 is 1.19 bits per heavy atom. The van der Waals surface area contributed by atoms with Crippen molar-refractivity contribution in [1.29, 1.82) is 0 Å². The fourth-order valence-corrected chi connectivity index (χ4v) is 2.78. The highest BCUT2D eigenvalue weighted by atomic mass is 32.1. The minimum Gasteiger partial charge on any atom is -0.399 e. The van der Waals surface area contributed by atoms with Crippen molar-refractivity contribution in [2.24, 2.45) is 0 Å². The van der Waals surface area contributed by atoms with Crippen molar-refractivity contribution in [1.82, 2.24) is 4.57 Å². The standard InChI is InChI=1S/C13H12N2S/c1-9-6-13(16-8-9)15-5-4-10-2-3-11(14)7-12(10)15/h2-8H,14H2,1H3. The largest absolute Gasteiger partial charge is 0.399 e. The first-order chi connectivity index (χ1) is 7.74. The summed E-state index contributed by atoms with van der Waals surface area (Å²) >= 11 is 1.75. The monoisotopic (exact) mass is 228 g/mol. The summed E-state index contributed by atoms with van der Waals surface area (Å²) in [5.74, 6) is 0. The van der Waals surface area contributed by atoms with Crippen LogP contribution in [0.15, 0.2) is 41.9 Å². The van der Waals surface area contributed by atoms with Gasteiger partial charge < -0.3 is 10.3 Å². The van der Waals surface area contributed by atoms with Crippen LogP contribution >= 0.6 is 11.3 Å². The lowest BCUT2D eigenvalue weighted by Gasteiger charge is -2.02. The number of thiophene rings is 1. The minimum absolute atomic E-state index is 0.806. The molecule has 2 heterocycles. The van der Waals surface area contributed by atoms with Gasteiger partial charge in [-0.05, 0) is 42.1 Å². The Labute approximate surface area is 97.9 Å². The molecule has 3 rings (SSSR count). The Balaban J connectivity index is 2.27. The second-order valence-corrected chi connectivity index (χ2v) is 4.86. The zero-order valence-electron chi connectivity index (χ0n) is 8.97. The summed E-state index contributed by atoms with van der Waals surface area (Å²) in [5, 5.41) is 4.62. The van der Waals surface area contributed by atoms with Gasteiger partial charge in [0.1, 0.15) is 0 Å². The lowest BCUT2D eigenvalue weighted by atomic mass is 10.2. The molecule has 0 aliphatic carbocycles. The number of aromatic nitrogens is 1. The fourth-order valence-electron chi connectivity index (χ4n) is 1.88. The highest BCUT2D eigenvalue weighted by Crippen LogP contribution is 2.26. The molecule has 2 N–H and O–H groups in total. The number of benzene rings is 1. The van der Waals surface area contributed by atoms with Crippen molar-refractivity contribution in [3.05, 3.63) is 47.5 Å². The van der Waals surface area contributed by atoms with E-state index in [0.717, 1.165) is 5.69 Å². The number of fused-ring (bicyclic) bond motifs is 1. The molecule has 0 saturated heterocycles. The van der Waals surface area contributed by atoms with Crippen molar-refractivity contribution in [3.63, 3.8) is 0 Å². The number of nitrogens with zero attached hydrogens (tertiary/aromatic N) is 1. The Bertz CT molecular complexity index is 649. The SMILES string of the molecule is Cc1csc(-n2ccc3ccc(N)cc32)c1. The molecule has 0 aliphatic heterocycles. The molecule has 3 aromatic rings. The van der Waals surface area contributed by atoms with E-state index in [4.69, 9.17) is 5.73 Å². The van der Waals surface area contributed by atoms with Gasteiger partial charge in [-0.15, -0.1) is 11.3 Å². The van der Waals surface area contributed by atoms with Gasteiger partial charge in [0.25, 0.3) is 0 Å². The highest BCUT2D eigenvalue weighted by molar-refractivity contribution is 7.12. The maximum atomic E-state index is 5.83. The molecular formula is C13H12N2S. The van der Waals surface area contributed by atoms with Crippen LogP contribution in [0.2, 0.25) is 0 Å². The van der Waals surface area contributed by atoms with Crippen LogP contribution in [-0.2, 0) is 0 Å². The Hall–Kier alpha value is -1.74. The van der Waals surface area contributed by atoms with Gasteiger partial charge in [-0.25, -0.2) is 0 Å². The van der Waals surface area contributed by atoms with Gasteiger partial charge >= 0.3 is 0 Å². The molecule has 0 fully saturated rings. The second-order valence-electron chi connectivity index (χ2n) is 3.97. The molecule has 3 heteroatoms. The van der Waals surface area contributed by atoms with Gasteiger partial charge in [0.2, 0.25) is 0 Å². The van der Waals surface area contributed by atoms with Crippen LogP contribution in [0.4, 0.5) is 5.69 Å². The number of aryl methyl sites for hydroxylation is 1. The summed E-state index contributed by atoms with van der Waals surface area (Å²) < 4.78 is 2.18. The molecule has 16 heavy (non-hydrogen) atoms. The molecule has 0 bridgehead atoms. The van der Waals surface area contributed by atoms with Crippen molar-refractivity contribution >= 4 is 27.9 Å². The van der Waals surface area contributed by atoms with E-state index in [1.165, 1.54) is 21.5 Å². The fraction of sp³-hybridized carbons (Fsp3) is 0.0769. The van der Waals surface area contributed by atoms with E-state index in [-0.39, 0.29) is 0 Å². The summed E-state index contributed by atoms with van der Waals surface area (Å²) in [6.07, 6.45) is 2.09.